The number of para-hydroxylation sites is 1. The normalized spacial score (nSPS) is 13.0. The summed E-state index contributed by atoms with van der Waals surface area (Å²) in [5.41, 5.74) is 0.786. The van der Waals surface area contributed by atoms with E-state index < -0.39 is 24.0 Å². The Morgan fingerprint density at radius 1 is 1.14 bits per heavy atom. The second-order valence-electron chi connectivity index (χ2n) is 6.42. The third-order valence-electron chi connectivity index (χ3n) is 4.48. The standard InChI is InChI=1S/C20H19N3O5/c1-12(23-11-21-16-5-3-2-4-15(16)19(23)26)18(25)22-17(20(27)28)10-13-6-8-14(24)9-7-13/h2-9,11-12,17,24H,10H2,1H3,(H,22,25)(H,27,28). The first-order valence-corrected chi connectivity index (χ1v) is 8.64. The molecule has 1 amide bonds. The zero-order valence-electron chi connectivity index (χ0n) is 15.1. The molecule has 0 radical (unpaired) electrons. The van der Waals surface area contributed by atoms with E-state index in [1.807, 2.05) is 0 Å². The molecule has 3 aromatic rings. The lowest BCUT2D eigenvalue weighted by atomic mass is 10.1. The average molecular weight is 381 g/mol. The Labute approximate surface area is 160 Å². The summed E-state index contributed by atoms with van der Waals surface area (Å²) < 4.78 is 1.18. The third-order valence-corrected chi connectivity index (χ3v) is 4.48. The van der Waals surface area contributed by atoms with Crippen LogP contribution in [0.25, 0.3) is 10.9 Å². The van der Waals surface area contributed by atoms with Crippen molar-refractivity contribution in [1.82, 2.24) is 14.9 Å². The maximum Gasteiger partial charge on any atom is 0.326 e. The predicted octanol–water partition coefficient (Wildman–Crippen LogP) is 1.48. The van der Waals surface area contributed by atoms with Crippen LogP contribution < -0.4 is 10.9 Å². The lowest BCUT2D eigenvalue weighted by Gasteiger charge is -2.19. The number of carbonyl (C=O) groups excluding carboxylic acids is 1. The molecule has 2 aromatic carbocycles. The van der Waals surface area contributed by atoms with E-state index in [0.29, 0.717) is 16.5 Å². The average Bonchev–Trinajstić information content (AvgIpc) is 2.69. The summed E-state index contributed by atoms with van der Waals surface area (Å²) in [4.78, 5) is 40.9. The molecular formula is C20H19N3O5. The molecule has 8 heteroatoms. The predicted molar refractivity (Wildman–Crippen MR) is 102 cm³/mol. The molecule has 0 aliphatic rings. The van der Waals surface area contributed by atoms with Crippen molar-refractivity contribution in [3.63, 3.8) is 0 Å². The van der Waals surface area contributed by atoms with Gasteiger partial charge in [-0.25, -0.2) is 9.78 Å². The van der Waals surface area contributed by atoms with Crippen molar-refractivity contribution >= 4 is 22.8 Å². The van der Waals surface area contributed by atoms with Crippen molar-refractivity contribution in [2.24, 2.45) is 0 Å². The number of carboxylic acid groups (broad SMARTS) is 1. The van der Waals surface area contributed by atoms with E-state index in [9.17, 15) is 24.6 Å². The molecule has 8 nitrogen and oxygen atoms in total. The number of phenols is 1. The zero-order valence-corrected chi connectivity index (χ0v) is 15.1. The molecule has 0 spiro atoms. The molecule has 0 bridgehead atoms. The summed E-state index contributed by atoms with van der Waals surface area (Å²) in [5, 5.41) is 21.6. The summed E-state index contributed by atoms with van der Waals surface area (Å²) in [6, 6.07) is 10.7. The number of phenolic OH excluding ortho intramolecular Hbond substituents is 1. The van der Waals surface area contributed by atoms with Gasteiger partial charge in [-0.05, 0) is 36.8 Å². The van der Waals surface area contributed by atoms with Gasteiger partial charge < -0.3 is 15.5 Å². The highest BCUT2D eigenvalue weighted by Crippen LogP contribution is 2.13. The number of amides is 1. The quantitative estimate of drug-likeness (QED) is 0.595. The number of fused-ring (bicyclic) bond motifs is 1. The number of aromatic hydroxyl groups is 1. The van der Waals surface area contributed by atoms with E-state index in [-0.39, 0.29) is 17.7 Å². The minimum atomic E-state index is -1.20. The molecule has 3 rings (SSSR count). The molecule has 1 aromatic heterocycles. The van der Waals surface area contributed by atoms with Crippen molar-refractivity contribution in [1.29, 1.82) is 0 Å². The van der Waals surface area contributed by atoms with Gasteiger partial charge in [0.2, 0.25) is 5.91 Å². The van der Waals surface area contributed by atoms with Crippen LogP contribution in [-0.4, -0.2) is 37.7 Å². The van der Waals surface area contributed by atoms with Gasteiger partial charge in [0.15, 0.2) is 0 Å². The van der Waals surface area contributed by atoms with Crippen LogP contribution >= 0.6 is 0 Å². The van der Waals surface area contributed by atoms with Crippen molar-refractivity contribution in [2.75, 3.05) is 0 Å². The van der Waals surface area contributed by atoms with Crippen molar-refractivity contribution in [3.05, 3.63) is 70.8 Å². The first-order chi connectivity index (χ1) is 13.4. The Morgan fingerprint density at radius 2 is 1.82 bits per heavy atom. The lowest BCUT2D eigenvalue weighted by molar-refractivity contribution is -0.142. The first kappa shape index (κ1) is 19.1. The summed E-state index contributed by atoms with van der Waals surface area (Å²) in [5.74, 6) is -1.74. The molecule has 2 atom stereocenters. The Hall–Kier alpha value is -3.68. The molecule has 3 N–H and O–H groups in total. The second-order valence-corrected chi connectivity index (χ2v) is 6.42. The van der Waals surface area contributed by atoms with E-state index in [4.69, 9.17) is 0 Å². The van der Waals surface area contributed by atoms with Crippen molar-refractivity contribution in [3.8, 4) is 5.75 Å². The molecule has 0 saturated carbocycles. The topological polar surface area (TPSA) is 122 Å². The number of aliphatic carboxylic acids is 1. The maximum atomic E-state index is 12.6. The number of nitrogens with one attached hydrogen (secondary N) is 1. The van der Waals surface area contributed by atoms with Gasteiger partial charge in [-0.3, -0.25) is 14.2 Å². The number of rotatable bonds is 6. The van der Waals surface area contributed by atoms with Crippen molar-refractivity contribution < 1.29 is 19.8 Å². The van der Waals surface area contributed by atoms with Crippen LogP contribution in [0.2, 0.25) is 0 Å². The summed E-state index contributed by atoms with van der Waals surface area (Å²) >= 11 is 0. The largest absolute Gasteiger partial charge is 0.508 e. The Balaban J connectivity index is 1.80. The van der Waals surface area contributed by atoms with Crippen LogP contribution in [0.15, 0.2) is 59.7 Å². The summed E-state index contributed by atoms with van der Waals surface area (Å²) in [6.45, 7) is 1.51. The number of hydrogen-bond acceptors (Lipinski definition) is 5. The fourth-order valence-electron chi connectivity index (χ4n) is 2.85. The monoisotopic (exact) mass is 381 g/mol. The van der Waals surface area contributed by atoms with Gasteiger partial charge >= 0.3 is 5.97 Å². The molecule has 0 aliphatic heterocycles. The highest BCUT2D eigenvalue weighted by atomic mass is 16.4. The Kier molecular flexibility index (Phi) is 5.39. The van der Waals surface area contributed by atoms with Gasteiger partial charge in [0.05, 0.1) is 17.2 Å². The van der Waals surface area contributed by atoms with Gasteiger partial charge in [0.1, 0.15) is 17.8 Å². The lowest BCUT2D eigenvalue weighted by Crippen LogP contribution is -2.46. The molecule has 0 saturated heterocycles. The van der Waals surface area contributed by atoms with Gasteiger partial charge in [0.25, 0.3) is 5.56 Å². The first-order valence-electron chi connectivity index (χ1n) is 8.64. The molecule has 2 unspecified atom stereocenters. The Bertz CT molecular complexity index is 1080. The minimum Gasteiger partial charge on any atom is -0.508 e. The molecule has 28 heavy (non-hydrogen) atoms. The summed E-state index contributed by atoms with van der Waals surface area (Å²) in [6.07, 6.45) is 1.32. The second kappa shape index (κ2) is 7.91. The van der Waals surface area contributed by atoms with Crippen LogP contribution in [0.4, 0.5) is 0 Å². The van der Waals surface area contributed by atoms with E-state index in [1.165, 1.54) is 30.0 Å². The van der Waals surface area contributed by atoms with Crippen LogP contribution in [0.3, 0.4) is 0 Å². The molecule has 1 heterocycles. The van der Waals surface area contributed by atoms with Gasteiger partial charge in [-0.1, -0.05) is 24.3 Å². The van der Waals surface area contributed by atoms with Crippen LogP contribution in [0, 0.1) is 0 Å². The zero-order chi connectivity index (χ0) is 20.3. The minimum absolute atomic E-state index is 0.0406. The molecule has 144 valence electrons. The highest BCUT2D eigenvalue weighted by molar-refractivity contribution is 5.86. The van der Waals surface area contributed by atoms with E-state index >= 15 is 0 Å². The number of hydrogen-bond donors (Lipinski definition) is 3. The molecule has 0 aliphatic carbocycles. The fraction of sp³-hybridized carbons (Fsp3) is 0.200. The van der Waals surface area contributed by atoms with Gasteiger partial charge in [-0.15, -0.1) is 0 Å². The van der Waals surface area contributed by atoms with Gasteiger partial charge in [0, 0.05) is 6.42 Å². The van der Waals surface area contributed by atoms with E-state index in [2.05, 4.69) is 10.3 Å². The number of nitrogens with zero attached hydrogens (tertiary/aromatic N) is 2. The Morgan fingerprint density at radius 3 is 2.50 bits per heavy atom. The van der Waals surface area contributed by atoms with E-state index in [1.54, 1.807) is 36.4 Å². The fourth-order valence-corrected chi connectivity index (χ4v) is 2.85. The molecule has 0 fully saturated rings. The van der Waals surface area contributed by atoms with Gasteiger partial charge in [-0.2, -0.15) is 0 Å². The highest BCUT2D eigenvalue weighted by Gasteiger charge is 2.25. The number of benzene rings is 2. The number of carbonyl (C=O) groups is 2. The SMILES string of the molecule is CC(C(=O)NC(Cc1ccc(O)cc1)C(=O)O)n1cnc2ccccc2c1=O. The molecular weight excluding hydrogens is 362 g/mol. The van der Waals surface area contributed by atoms with E-state index in [0.717, 1.165) is 0 Å². The van der Waals surface area contributed by atoms with Crippen LogP contribution in [0.1, 0.15) is 18.5 Å². The smallest absolute Gasteiger partial charge is 0.326 e. The third kappa shape index (κ3) is 4.01. The summed E-state index contributed by atoms with van der Waals surface area (Å²) in [7, 11) is 0. The van der Waals surface area contributed by atoms with Crippen LogP contribution in [0.5, 0.6) is 5.75 Å². The maximum absolute atomic E-state index is 12.6. The number of carboxylic acids is 1. The number of aromatic nitrogens is 2. The van der Waals surface area contributed by atoms with Crippen molar-refractivity contribution in [2.45, 2.75) is 25.4 Å². The van der Waals surface area contributed by atoms with Crippen LogP contribution in [-0.2, 0) is 16.0 Å².